The minimum Gasteiger partial charge on any atom is -0.506 e. The lowest BCUT2D eigenvalue weighted by molar-refractivity contribution is -0.142. The van der Waals surface area contributed by atoms with Gasteiger partial charge in [-0.3, -0.25) is 4.79 Å². The Morgan fingerprint density at radius 2 is 1.93 bits per heavy atom. The van der Waals surface area contributed by atoms with Crippen LogP contribution in [0.4, 0.5) is 18.9 Å². The van der Waals surface area contributed by atoms with Crippen LogP contribution in [-0.4, -0.2) is 25.6 Å². The van der Waals surface area contributed by atoms with Crippen LogP contribution in [-0.2, 0) is 6.18 Å². The molecule has 1 amide bonds. The maximum Gasteiger partial charge on any atom is 0.433 e. The number of thiophene rings is 1. The standard InChI is InChI=1S/C18H11F3N4O2S/c19-18(20,21)15-8-11(14-6-3-7-28-14)22-16-9-12(24-25(15)16)17(27)23-10-4-1-2-5-13(10)26/h1-9,26H,(H,23,27). The van der Waals surface area contributed by atoms with Gasteiger partial charge < -0.3 is 10.4 Å². The zero-order valence-electron chi connectivity index (χ0n) is 13.9. The predicted octanol–water partition coefficient (Wildman–Crippen LogP) is 4.43. The molecule has 1 aromatic carbocycles. The molecule has 3 heterocycles. The Bertz CT molecular complexity index is 1170. The lowest BCUT2D eigenvalue weighted by Gasteiger charge is -2.10. The maximum atomic E-state index is 13.5. The molecule has 0 aliphatic heterocycles. The highest BCUT2D eigenvalue weighted by molar-refractivity contribution is 7.13. The van der Waals surface area contributed by atoms with E-state index < -0.39 is 17.8 Å². The highest BCUT2D eigenvalue weighted by atomic mass is 32.1. The molecule has 28 heavy (non-hydrogen) atoms. The average Bonchev–Trinajstić information content (AvgIpc) is 3.31. The normalized spacial score (nSPS) is 11.7. The van der Waals surface area contributed by atoms with Gasteiger partial charge in [0, 0.05) is 6.07 Å². The molecule has 10 heteroatoms. The van der Waals surface area contributed by atoms with Crippen molar-refractivity contribution < 1.29 is 23.1 Å². The molecule has 0 atom stereocenters. The quantitative estimate of drug-likeness (QED) is 0.495. The molecule has 0 aliphatic carbocycles. The summed E-state index contributed by atoms with van der Waals surface area (Å²) in [5.74, 6) is -0.938. The van der Waals surface area contributed by atoms with E-state index in [1.807, 2.05) is 0 Å². The molecule has 0 saturated heterocycles. The fraction of sp³-hybridized carbons (Fsp3) is 0.0556. The molecule has 0 saturated carbocycles. The number of halogens is 3. The number of carbonyl (C=O) groups is 1. The number of hydrogen-bond donors (Lipinski definition) is 2. The van der Waals surface area contributed by atoms with E-state index in [1.54, 1.807) is 29.6 Å². The molecule has 142 valence electrons. The van der Waals surface area contributed by atoms with Crippen LogP contribution in [0.15, 0.2) is 53.9 Å². The molecule has 3 aromatic heterocycles. The molecule has 0 aliphatic rings. The van der Waals surface area contributed by atoms with Crippen molar-refractivity contribution in [3.8, 4) is 16.3 Å². The summed E-state index contributed by atoms with van der Waals surface area (Å²) in [4.78, 5) is 17.2. The van der Waals surface area contributed by atoms with Crippen molar-refractivity contribution in [2.45, 2.75) is 6.18 Å². The van der Waals surface area contributed by atoms with Gasteiger partial charge in [-0.15, -0.1) is 11.3 Å². The topological polar surface area (TPSA) is 79.5 Å². The number of anilines is 1. The zero-order valence-corrected chi connectivity index (χ0v) is 14.8. The second-order valence-electron chi connectivity index (χ2n) is 5.77. The van der Waals surface area contributed by atoms with E-state index in [9.17, 15) is 23.1 Å². The molecule has 0 unspecified atom stereocenters. The fourth-order valence-corrected chi connectivity index (χ4v) is 3.29. The van der Waals surface area contributed by atoms with Crippen LogP contribution in [0.5, 0.6) is 5.75 Å². The van der Waals surface area contributed by atoms with Crippen LogP contribution < -0.4 is 5.32 Å². The molecular formula is C18H11F3N4O2S. The Morgan fingerprint density at radius 3 is 2.61 bits per heavy atom. The summed E-state index contributed by atoms with van der Waals surface area (Å²) in [6.45, 7) is 0. The summed E-state index contributed by atoms with van der Waals surface area (Å²) in [6, 6.07) is 11.4. The Balaban J connectivity index is 1.79. The summed E-state index contributed by atoms with van der Waals surface area (Å²) in [5.41, 5.74) is -1.15. The Labute approximate surface area is 159 Å². The summed E-state index contributed by atoms with van der Waals surface area (Å²) >= 11 is 1.25. The predicted molar refractivity (Wildman–Crippen MR) is 97.4 cm³/mol. The van der Waals surface area contributed by atoms with Crippen molar-refractivity contribution in [1.29, 1.82) is 0 Å². The number of rotatable bonds is 3. The number of benzene rings is 1. The van der Waals surface area contributed by atoms with Gasteiger partial charge in [0.25, 0.3) is 5.91 Å². The first kappa shape index (κ1) is 18.0. The van der Waals surface area contributed by atoms with Crippen molar-refractivity contribution in [2.24, 2.45) is 0 Å². The maximum absolute atomic E-state index is 13.5. The van der Waals surface area contributed by atoms with E-state index in [4.69, 9.17) is 0 Å². The molecule has 4 rings (SSSR count). The number of alkyl halides is 3. The van der Waals surface area contributed by atoms with Gasteiger partial charge in [0.2, 0.25) is 0 Å². The third kappa shape index (κ3) is 3.29. The van der Waals surface area contributed by atoms with Crippen LogP contribution in [0, 0.1) is 0 Å². The minimum atomic E-state index is -4.69. The second-order valence-corrected chi connectivity index (χ2v) is 6.72. The number of nitrogens with zero attached hydrogens (tertiary/aromatic N) is 3. The number of carbonyl (C=O) groups excluding carboxylic acids is 1. The van der Waals surface area contributed by atoms with Gasteiger partial charge in [0.1, 0.15) is 5.75 Å². The second kappa shape index (κ2) is 6.64. The molecule has 6 nitrogen and oxygen atoms in total. The molecular weight excluding hydrogens is 393 g/mol. The van der Waals surface area contributed by atoms with E-state index in [1.165, 1.54) is 29.5 Å². The Morgan fingerprint density at radius 1 is 1.14 bits per heavy atom. The number of amides is 1. The lowest BCUT2D eigenvalue weighted by Crippen LogP contribution is -2.15. The van der Waals surface area contributed by atoms with Gasteiger partial charge in [0.05, 0.1) is 16.3 Å². The van der Waals surface area contributed by atoms with Crippen molar-refractivity contribution >= 4 is 28.6 Å². The number of aromatic nitrogens is 3. The number of nitrogens with one attached hydrogen (secondary N) is 1. The van der Waals surface area contributed by atoms with Crippen LogP contribution in [0.2, 0.25) is 0 Å². The van der Waals surface area contributed by atoms with Crippen LogP contribution in [0.3, 0.4) is 0 Å². The van der Waals surface area contributed by atoms with Gasteiger partial charge >= 0.3 is 6.18 Å². The van der Waals surface area contributed by atoms with Crippen molar-refractivity contribution in [3.05, 3.63) is 65.3 Å². The van der Waals surface area contributed by atoms with Crippen LogP contribution in [0.1, 0.15) is 16.2 Å². The Hall–Kier alpha value is -3.40. The number of fused-ring (bicyclic) bond motifs is 1. The first-order valence-electron chi connectivity index (χ1n) is 7.94. The summed E-state index contributed by atoms with van der Waals surface area (Å²) in [5, 5.41) is 17.7. The largest absolute Gasteiger partial charge is 0.506 e. The molecule has 0 radical (unpaired) electrons. The highest BCUT2D eigenvalue weighted by Crippen LogP contribution is 2.33. The van der Waals surface area contributed by atoms with E-state index in [2.05, 4.69) is 15.4 Å². The number of phenolic OH excluding ortho intramolecular Hbond substituents is 1. The number of hydrogen-bond acceptors (Lipinski definition) is 5. The number of para-hydroxylation sites is 2. The first-order valence-corrected chi connectivity index (χ1v) is 8.82. The lowest BCUT2D eigenvalue weighted by atomic mass is 10.2. The smallest absolute Gasteiger partial charge is 0.433 e. The van der Waals surface area contributed by atoms with Gasteiger partial charge in [-0.05, 0) is 29.6 Å². The van der Waals surface area contributed by atoms with Gasteiger partial charge in [-0.2, -0.15) is 18.3 Å². The molecule has 0 spiro atoms. The van der Waals surface area contributed by atoms with Crippen LogP contribution in [0.25, 0.3) is 16.2 Å². The number of aromatic hydroxyl groups is 1. The fourth-order valence-electron chi connectivity index (χ4n) is 2.60. The van der Waals surface area contributed by atoms with E-state index in [0.29, 0.717) is 9.39 Å². The van der Waals surface area contributed by atoms with Gasteiger partial charge in [0.15, 0.2) is 17.0 Å². The van der Waals surface area contributed by atoms with Crippen molar-refractivity contribution in [1.82, 2.24) is 14.6 Å². The Kier molecular flexibility index (Phi) is 4.27. The minimum absolute atomic E-state index is 0.111. The van der Waals surface area contributed by atoms with E-state index >= 15 is 0 Å². The SMILES string of the molecule is O=C(Nc1ccccc1O)c1cc2nc(-c3cccs3)cc(C(F)(F)F)n2n1. The van der Waals surface area contributed by atoms with Crippen molar-refractivity contribution in [3.63, 3.8) is 0 Å². The van der Waals surface area contributed by atoms with E-state index in [0.717, 1.165) is 6.07 Å². The van der Waals surface area contributed by atoms with Gasteiger partial charge in [-0.25, -0.2) is 9.50 Å². The molecule has 4 aromatic rings. The zero-order chi connectivity index (χ0) is 19.9. The molecule has 2 N–H and O–H groups in total. The molecule has 0 bridgehead atoms. The molecule has 0 fully saturated rings. The summed E-state index contributed by atoms with van der Waals surface area (Å²) < 4.78 is 41.2. The third-order valence-corrected chi connectivity index (χ3v) is 4.77. The monoisotopic (exact) mass is 404 g/mol. The summed E-state index contributed by atoms with van der Waals surface area (Å²) in [7, 11) is 0. The number of phenols is 1. The average molecular weight is 404 g/mol. The van der Waals surface area contributed by atoms with Crippen molar-refractivity contribution in [2.75, 3.05) is 5.32 Å². The highest BCUT2D eigenvalue weighted by Gasteiger charge is 2.35. The first-order chi connectivity index (χ1) is 13.3. The van der Waals surface area contributed by atoms with Gasteiger partial charge in [-0.1, -0.05) is 18.2 Å². The summed E-state index contributed by atoms with van der Waals surface area (Å²) in [6.07, 6.45) is -4.69. The van der Waals surface area contributed by atoms with E-state index in [-0.39, 0.29) is 28.5 Å². The third-order valence-electron chi connectivity index (χ3n) is 3.88. The van der Waals surface area contributed by atoms with Crippen LogP contribution >= 0.6 is 11.3 Å².